The number of aromatic nitrogens is 1. The van der Waals surface area contributed by atoms with E-state index in [1.54, 1.807) is 14.1 Å². The molecule has 0 aliphatic heterocycles. The fourth-order valence-electron chi connectivity index (χ4n) is 1.58. The van der Waals surface area contributed by atoms with E-state index < -0.39 is 23.2 Å². The molecule has 0 fully saturated rings. The van der Waals surface area contributed by atoms with Crippen LogP contribution in [-0.4, -0.2) is 53.8 Å². The SMILES string of the molecule is CCCN(CC(=O)N(C)C)C(=O)c1ccnc(F)c1F. The van der Waals surface area contributed by atoms with Gasteiger partial charge in [-0.1, -0.05) is 6.92 Å². The molecule has 5 nitrogen and oxygen atoms in total. The Kier molecular flexibility index (Phi) is 5.54. The Morgan fingerprint density at radius 1 is 1.30 bits per heavy atom. The lowest BCUT2D eigenvalue weighted by molar-refractivity contribution is -0.129. The molecule has 0 bridgehead atoms. The van der Waals surface area contributed by atoms with E-state index >= 15 is 0 Å². The maximum absolute atomic E-state index is 13.6. The van der Waals surface area contributed by atoms with Crippen molar-refractivity contribution < 1.29 is 18.4 Å². The van der Waals surface area contributed by atoms with Crippen molar-refractivity contribution in [3.8, 4) is 0 Å². The summed E-state index contributed by atoms with van der Waals surface area (Å²) < 4.78 is 26.6. The molecule has 0 spiro atoms. The molecular formula is C13H17F2N3O2. The van der Waals surface area contributed by atoms with E-state index in [-0.39, 0.29) is 19.0 Å². The first kappa shape index (κ1) is 16.0. The standard InChI is InChI=1S/C13H17F2N3O2/c1-4-7-18(8-10(19)17(2)3)13(20)9-5-6-16-12(15)11(9)14/h5-6H,4,7-8H2,1-3H3. The minimum absolute atomic E-state index is 0.178. The van der Waals surface area contributed by atoms with Crippen molar-refractivity contribution in [1.29, 1.82) is 0 Å². The van der Waals surface area contributed by atoms with Gasteiger partial charge in [0.15, 0.2) is 5.82 Å². The molecule has 110 valence electrons. The van der Waals surface area contributed by atoms with Gasteiger partial charge in [-0.2, -0.15) is 4.39 Å². The lowest BCUT2D eigenvalue weighted by Gasteiger charge is -2.23. The number of carbonyl (C=O) groups is 2. The van der Waals surface area contributed by atoms with Gasteiger partial charge in [0.2, 0.25) is 11.9 Å². The molecule has 7 heteroatoms. The highest BCUT2D eigenvalue weighted by Gasteiger charge is 2.23. The molecule has 1 heterocycles. The summed E-state index contributed by atoms with van der Waals surface area (Å²) >= 11 is 0. The Morgan fingerprint density at radius 2 is 1.95 bits per heavy atom. The van der Waals surface area contributed by atoms with Crippen LogP contribution in [0.3, 0.4) is 0 Å². The van der Waals surface area contributed by atoms with Crippen LogP contribution in [0, 0.1) is 11.8 Å². The van der Waals surface area contributed by atoms with Crippen LogP contribution in [0.25, 0.3) is 0 Å². The molecule has 1 rings (SSSR count). The fourth-order valence-corrected chi connectivity index (χ4v) is 1.58. The van der Waals surface area contributed by atoms with Crippen LogP contribution in [0.15, 0.2) is 12.3 Å². The number of hydrogen-bond acceptors (Lipinski definition) is 3. The molecule has 0 unspecified atom stereocenters. The maximum atomic E-state index is 13.6. The van der Waals surface area contributed by atoms with Crippen molar-refractivity contribution in [2.24, 2.45) is 0 Å². The predicted molar refractivity (Wildman–Crippen MR) is 69.0 cm³/mol. The Hall–Kier alpha value is -2.05. The molecule has 20 heavy (non-hydrogen) atoms. The highest BCUT2D eigenvalue weighted by Crippen LogP contribution is 2.12. The smallest absolute Gasteiger partial charge is 0.257 e. The van der Waals surface area contributed by atoms with Crippen LogP contribution in [0.2, 0.25) is 0 Å². The number of rotatable bonds is 5. The third kappa shape index (κ3) is 3.72. The molecule has 0 radical (unpaired) electrons. The number of likely N-dealkylation sites (N-methyl/N-ethyl adjacent to an activating group) is 1. The van der Waals surface area contributed by atoms with Crippen LogP contribution in [-0.2, 0) is 4.79 Å². The van der Waals surface area contributed by atoms with Gasteiger partial charge in [0.1, 0.15) is 6.54 Å². The van der Waals surface area contributed by atoms with Gasteiger partial charge in [-0.15, -0.1) is 0 Å². The summed E-state index contributed by atoms with van der Waals surface area (Å²) in [6.07, 6.45) is 1.62. The van der Waals surface area contributed by atoms with E-state index in [0.29, 0.717) is 6.42 Å². The number of nitrogens with zero attached hydrogens (tertiary/aromatic N) is 3. The van der Waals surface area contributed by atoms with Crippen LogP contribution < -0.4 is 0 Å². The number of carbonyl (C=O) groups excluding carboxylic acids is 2. The van der Waals surface area contributed by atoms with Gasteiger partial charge in [0.05, 0.1) is 5.56 Å². The van der Waals surface area contributed by atoms with Gasteiger partial charge in [-0.25, -0.2) is 9.37 Å². The Morgan fingerprint density at radius 3 is 2.50 bits per heavy atom. The first-order chi connectivity index (χ1) is 9.38. The monoisotopic (exact) mass is 285 g/mol. The lowest BCUT2D eigenvalue weighted by atomic mass is 10.2. The number of hydrogen-bond donors (Lipinski definition) is 0. The van der Waals surface area contributed by atoms with Gasteiger partial charge < -0.3 is 9.80 Å². The second-order valence-electron chi connectivity index (χ2n) is 4.48. The minimum Gasteiger partial charge on any atom is -0.347 e. The Balaban J connectivity index is 2.99. The highest BCUT2D eigenvalue weighted by atomic mass is 19.2. The van der Waals surface area contributed by atoms with Crippen LogP contribution >= 0.6 is 0 Å². The molecule has 1 aromatic rings. The van der Waals surface area contributed by atoms with E-state index in [1.807, 2.05) is 6.92 Å². The molecule has 0 N–H and O–H groups in total. The normalized spacial score (nSPS) is 10.2. The van der Waals surface area contributed by atoms with Crippen molar-refractivity contribution in [2.45, 2.75) is 13.3 Å². The molecule has 0 aromatic carbocycles. The molecular weight excluding hydrogens is 268 g/mol. The average molecular weight is 285 g/mol. The quantitative estimate of drug-likeness (QED) is 0.766. The van der Waals surface area contributed by atoms with Gasteiger partial charge in [-0.05, 0) is 12.5 Å². The second-order valence-corrected chi connectivity index (χ2v) is 4.48. The largest absolute Gasteiger partial charge is 0.347 e. The van der Waals surface area contributed by atoms with Crippen molar-refractivity contribution in [1.82, 2.24) is 14.8 Å². The van der Waals surface area contributed by atoms with Crippen molar-refractivity contribution >= 4 is 11.8 Å². The third-order valence-corrected chi connectivity index (χ3v) is 2.68. The molecule has 0 saturated heterocycles. The molecule has 0 saturated carbocycles. The number of amides is 2. The highest BCUT2D eigenvalue weighted by molar-refractivity contribution is 5.96. The molecule has 0 atom stereocenters. The summed E-state index contributed by atoms with van der Waals surface area (Å²) in [4.78, 5) is 29.5. The van der Waals surface area contributed by atoms with E-state index in [1.165, 1.54) is 9.80 Å². The van der Waals surface area contributed by atoms with E-state index in [0.717, 1.165) is 12.3 Å². The minimum atomic E-state index is -1.33. The zero-order valence-electron chi connectivity index (χ0n) is 11.7. The topological polar surface area (TPSA) is 53.5 Å². The van der Waals surface area contributed by atoms with E-state index in [4.69, 9.17) is 0 Å². The summed E-state index contributed by atoms with van der Waals surface area (Å²) in [6.45, 7) is 1.93. The summed E-state index contributed by atoms with van der Waals surface area (Å²) in [5, 5.41) is 0. The van der Waals surface area contributed by atoms with Crippen molar-refractivity contribution in [3.05, 3.63) is 29.6 Å². The van der Waals surface area contributed by atoms with Gasteiger partial charge in [0, 0.05) is 26.8 Å². The zero-order chi connectivity index (χ0) is 15.3. The van der Waals surface area contributed by atoms with Crippen LogP contribution in [0.1, 0.15) is 23.7 Å². The molecule has 1 aromatic heterocycles. The third-order valence-electron chi connectivity index (χ3n) is 2.68. The zero-order valence-corrected chi connectivity index (χ0v) is 11.7. The number of pyridine rings is 1. The summed E-state index contributed by atoms with van der Waals surface area (Å²) in [5.74, 6) is -3.63. The van der Waals surface area contributed by atoms with E-state index in [9.17, 15) is 18.4 Å². The predicted octanol–water partition coefficient (Wildman–Crippen LogP) is 1.30. The fraction of sp³-hybridized carbons (Fsp3) is 0.462. The molecule has 0 aliphatic carbocycles. The van der Waals surface area contributed by atoms with Gasteiger partial charge >= 0.3 is 0 Å². The van der Waals surface area contributed by atoms with E-state index in [2.05, 4.69) is 4.98 Å². The second kappa shape index (κ2) is 6.93. The molecule has 0 aliphatic rings. The summed E-state index contributed by atoms with van der Waals surface area (Å²) in [7, 11) is 3.12. The van der Waals surface area contributed by atoms with Crippen LogP contribution in [0.4, 0.5) is 8.78 Å². The Bertz CT molecular complexity index is 506. The van der Waals surface area contributed by atoms with Crippen molar-refractivity contribution in [3.63, 3.8) is 0 Å². The Labute approximate surface area is 116 Å². The number of halogens is 2. The average Bonchev–Trinajstić information content (AvgIpc) is 2.40. The van der Waals surface area contributed by atoms with Crippen molar-refractivity contribution in [2.75, 3.05) is 27.2 Å². The first-order valence-corrected chi connectivity index (χ1v) is 6.17. The summed E-state index contributed by atoms with van der Waals surface area (Å²) in [5.41, 5.74) is -0.419. The lowest BCUT2D eigenvalue weighted by Crippen LogP contribution is -2.41. The first-order valence-electron chi connectivity index (χ1n) is 6.17. The van der Waals surface area contributed by atoms with Gasteiger partial charge in [-0.3, -0.25) is 9.59 Å². The maximum Gasteiger partial charge on any atom is 0.257 e. The van der Waals surface area contributed by atoms with Crippen LogP contribution in [0.5, 0.6) is 0 Å². The molecule has 2 amide bonds. The summed E-state index contributed by atoms with van der Waals surface area (Å²) in [6, 6.07) is 1.10. The van der Waals surface area contributed by atoms with Gasteiger partial charge in [0.25, 0.3) is 5.91 Å².